The third-order valence-electron chi connectivity index (χ3n) is 3.29. The van der Waals surface area contributed by atoms with Gasteiger partial charge in [0.1, 0.15) is 5.82 Å². The first-order valence-corrected chi connectivity index (χ1v) is 6.61. The lowest BCUT2D eigenvalue weighted by Gasteiger charge is -2.03. The highest BCUT2D eigenvalue weighted by Crippen LogP contribution is 2.28. The summed E-state index contributed by atoms with van der Waals surface area (Å²) in [6.45, 7) is 1.27. The Balaban J connectivity index is 1.99. The molecule has 0 atom stereocenters. The molecule has 0 spiro atoms. The minimum absolute atomic E-state index is 0.576. The monoisotopic (exact) mass is 267 g/mol. The molecular formula is C15H17N5. The first-order valence-electron chi connectivity index (χ1n) is 6.61. The van der Waals surface area contributed by atoms with Crippen LogP contribution in [-0.4, -0.2) is 27.9 Å². The van der Waals surface area contributed by atoms with E-state index in [1.807, 2.05) is 31.3 Å². The third-order valence-corrected chi connectivity index (χ3v) is 3.29. The molecular weight excluding hydrogens is 250 g/mol. The smallest absolute Gasteiger partial charge is 0.148 e. The molecule has 0 aliphatic rings. The molecule has 3 N–H and O–H groups in total. The summed E-state index contributed by atoms with van der Waals surface area (Å²) in [6, 6.07) is 12.2. The zero-order valence-electron chi connectivity index (χ0n) is 11.4. The van der Waals surface area contributed by atoms with Crippen molar-refractivity contribution in [3.8, 4) is 11.3 Å². The molecule has 5 nitrogen and oxygen atoms in total. The molecule has 5 heteroatoms. The molecule has 0 aliphatic heterocycles. The average Bonchev–Trinajstić information content (AvgIpc) is 2.83. The van der Waals surface area contributed by atoms with Crippen molar-refractivity contribution in [3.05, 3.63) is 42.6 Å². The van der Waals surface area contributed by atoms with Gasteiger partial charge < -0.3 is 15.6 Å². The van der Waals surface area contributed by atoms with Gasteiger partial charge in [-0.15, -0.1) is 10.2 Å². The van der Waals surface area contributed by atoms with Crippen LogP contribution >= 0.6 is 0 Å². The number of hydrogen-bond acceptors (Lipinski definition) is 4. The number of hydrogen-bond donors (Lipinski definition) is 2. The van der Waals surface area contributed by atoms with E-state index in [1.54, 1.807) is 0 Å². The number of para-hydroxylation sites is 1. The van der Waals surface area contributed by atoms with Crippen LogP contribution in [0.4, 0.5) is 5.82 Å². The van der Waals surface area contributed by atoms with Crippen LogP contribution in [0.5, 0.6) is 0 Å². The molecule has 0 aliphatic carbocycles. The predicted molar refractivity (Wildman–Crippen MR) is 81.5 cm³/mol. The Morgan fingerprint density at radius 3 is 2.75 bits per heavy atom. The van der Waals surface area contributed by atoms with Crippen molar-refractivity contribution in [1.82, 2.24) is 14.8 Å². The zero-order chi connectivity index (χ0) is 13.9. The van der Waals surface area contributed by atoms with Crippen molar-refractivity contribution in [3.63, 3.8) is 0 Å². The molecule has 3 aromatic rings. The van der Waals surface area contributed by atoms with E-state index < -0.39 is 0 Å². The Morgan fingerprint density at radius 2 is 2.00 bits per heavy atom. The highest BCUT2D eigenvalue weighted by molar-refractivity contribution is 5.95. The molecule has 1 aromatic carbocycles. The molecule has 0 fully saturated rings. The summed E-state index contributed by atoms with van der Waals surface area (Å²) in [6.07, 6.45) is 2.08. The minimum atomic E-state index is 0.576. The highest BCUT2D eigenvalue weighted by Gasteiger charge is 2.09. The molecule has 3 rings (SSSR count). The molecule has 0 saturated carbocycles. The minimum Gasteiger partial charge on any atom is -0.367 e. The van der Waals surface area contributed by atoms with Crippen LogP contribution in [0.2, 0.25) is 0 Å². The van der Waals surface area contributed by atoms with Crippen LogP contribution in [0, 0.1) is 0 Å². The first-order chi connectivity index (χ1) is 9.79. The Kier molecular flexibility index (Phi) is 3.35. The van der Waals surface area contributed by atoms with Crippen molar-refractivity contribution < 1.29 is 0 Å². The maximum absolute atomic E-state index is 5.45. The highest BCUT2D eigenvalue weighted by atomic mass is 15.2. The standard InChI is InChI=1S/C15H17N5/c1-20-10-12(11-4-2-3-5-14(11)20)13-6-7-15(19-18-13)17-9-8-16/h2-7,10H,8-9,16H2,1H3,(H,17,19). The number of benzene rings is 1. The van der Waals surface area contributed by atoms with E-state index in [0.717, 1.165) is 17.1 Å². The number of nitrogens with zero attached hydrogens (tertiary/aromatic N) is 3. The molecule has 0 bridgehead atoms. The molecule has 2 aromatic heterocycles. The lowest BCUT2D eigenvalue weighted by molar-refractivity contribution is 0.961. The Bertz CT molecular complexity index is 715. The van der Waals surface area contributed by atoms with Crippen LogP contribution < -0.4 is 11.1 Å². The first kappa shape index (κ1) is 12.6. The topological polar surface area (TPSA) is 68.8 Å². The van der Waals surface area contributed by atoms with E-state index >= 15 is 0 Å². The lowest BCUT2D eigenvalue weighted by atomic mass is 10.1. The lowest BCUT2D eigenvalue weighted by Crippen LogP contribution is -2.14. The molecule has 0 radical (unpaired) electrons. The van der Waals surface area contributed by atoms with Crippen molar-refractivity contribution in [2.45, 2.75) is 0 Å². The summed E-state index contributed by atoms with van der Waals surface area (Å²) in [4.78, 5) is 0. The Hall–Kier alpha value is -2.40. The molecule has 0 unspecified atom stereocenters. The Labute approximate surface area is 117 Å². The molecule has 2 heterocycles. The fourth-order valence-corrected chi connectivity index (χ4v) is 2.32. The van der Waals surface area contributed by atoms with Gasteiger partial charge in [-0.1, -0.05) is 18.2 Å². The fourth-order valence-electron chi connectivity index (χ4n) is 2.32. The van der Waals surface area contributed by atoms with Gasteiger partial charge in [-0.3, -0.25) is 0 Å². The van der Waals surface area contributed by atoms with Crippen LogP contribution in [0.3, 0.4) is 0 Å². The number of anilines is 1. The summed E-state index contributed by atoms with van der Waals surface area (Å²) in [5, 5.41) is 12.8. The van der Waals surface area contributed by atoms with Gasteiger partial charge in [-0.2, -0.15) is 0 Å². The third kappa shape index (κ3) is 2.23. The van der Waals surface area contributed by atoms with Gasteiger partial charge in [0.25, 0.3) is 0 Å². The van der Waals surface area contributed by atoms with Gasteiger partial charge in [0.05, 0.1) is 5.69 Å². The van der Waals surface area contributed by atoms with Crippen molar-refractivity contribution in [1.29, 1.82) is 0 Å². The summed E-state index contributed by atoms with van der Waals surface area (Å²) >= 11 is 0. The second-order valence-electron chi connectivity index (χ2n) is 4.69. The van der Waals surface area contributed by atoms with E-state index in [0.29, 0.717) is 13.1 Å². The maximum Gasteiger partial charge on any atom is 0.148 e. The van der Waals surface area contributed by atoms with Crippen LogP contribution in [0.25, 0.3) is 22.2 Å². The van der Waals surface area contributed by atoms with Gasteiger partial charge in [-0.25, -0.2) is 0 Å². The number of nitrogens with one attached hydrogen (secondary N) is 1. The van der Waals surface area contributed by atoms with Crippen molar-refractivity contribution in [2.24, 2.45) is 12.8 Å². The Morgan fingerprint density at radius 1 is 1.15 bits per heavy atom. The fraction of sp³-hybridized carbons (Fsp3) is 0.200. The summed E-state index contributed by atoms with van der Waals surface area (Å²) < 4.78 is 2.10. The number of rotatable bonds is 4. The van der Waals surface area contributed by atoms with Crippen LogP contribution in [-0.2, 0) is 7.05 Å². The average molecular weight is 267 g/mol. The second kappa shape index (κ2) is 5.30. The number of nitrogens with two attached hydrogens (primary N) is 1. The maximum atomic E-state index is 5.45. The number of aromatic nitrogens is 3. The molecule has 0 amide bonds. The van der Waals surface area contributed by atoms with E-state index in [1.165, 1.54) is 10.9 Å². The number of fused-ring (bicyclic) bond motifs is 1. The normalized spacial score (nSPS) is 10.9. The largest absolute Gasteiger partial charge is 0.367 e. The van der Waals surface area contributed by atoms with Gasteiger partial charge in [-0.05, 0) is 18.2 Å². The van der Waals surface area contributed by atoms with Crippen LogP contribution in [0.1, 0.15) is 0 Å². The molecule has 20 heavy (non-hydrogen) atoms. The van der Waals surface area contributed by atoms with E-state index in [-0.39, 0.29) is 0 Å². The van der Waals surface area contributed by atoms with E-state index in [4.69, 9.17) is 5.73 Å². The van der Waals surface area contributed by atoms with Crippen molar-refractivity contribution in [2.75, 3.05) is 18.4 Å². The van der Waals surface area contributed by atoms with Gasteiger partial charge >= 0.3 is 0 Å². The molecule has 102 valence electrons. The second-order valence-corrected chi connectivity index (χ2v) is 4.69. The van der Waals surface area contributed by atoms with Crippen molar-refractivity contribution >= 4 is 16.7 Å². The summed E-state index contributed by atoms with van der Waals surface area (Å²) in [5.74, 6) is 0.749. The summed E-state index contributed by atoms with van der Waals surface area (Å²) in [5.41, 5.74) is 8.61. The van der Waals surface area contributed by atoms with Gasteiger partial charge in [0.2, 0.25) is 0 Å². The van der Waals surface area contributed by atoms with E-state index in [2.05, 4.69) is 38.4 Å². The van der Waals surface area contributed by atoms with E-state index in [9.17, 15) is 0 Å². The van der Waals surface area contributed by atoms with Gasteiger partial charge in [0, 0.05) is 42.8 Å². The van der Waals surface area contributed by atoms with Crippen LogP contribution in [0.15, 0.2) is 42.6 Å². The molecule has 0 saturated heterocycles. The summed E-state index contributed by atoms with van der Waals surface area (Å²) in [7, 11) is 2.04. The number of aryl methyl sites for hydroxylation is 1. The SMILES string of the molecule is Cn1cc(-c2ccc(NCCN)nn2)c2ccccc21. The van der Waals surface area contributed by atoms with Gasteiger partial charge in [0.15, 0.2) is 0 Å². The zero-order valence-corrected chi connectivity index (χ0v) is 11.4. The predicted octanol–water partition coefficient (Wildman–Crippen LogP) is 2.01. The quantitative estimate of drug-likeness (QED) is 0.758.